The van der Waals surface area contributed by atoms with Crippen LogP contribution in [-0.2, 0) is 16.1 Å². The maximum absolute atomic E-state index is 9.74. The Morgan fingerprint density at radius 1 is 1.06 bits per heavy atom. The monoisotopic (exact) mass is 254 g/mol. The quantitative estimate of drug-likeness (QED) is 0.709. The third kappa shape index (κ3) is 2.88. The van der Waals surface area contributed by atoms with E-state index in [2.05, 4.69) is 0 Å². The van der Waals surface area contributed by atoms with Crippen molar-refractivity contribution < 1.29 is 24.8 Å². The lowest BCUT2D eigenvalue weighted by Gasteiger charge is -2.38. The largest absolute Gasteiger partial charge is 0.388 e. The molecule has 100 valence electrons. The van der Waals surface area contributed by atoms with Crippen molar-refractivity contribution in [2.75, 3.05) is 0 Å². The molecule has 1 aromatic rings. The van der Waals surface area contributed by atoms with Crippen LogP contribution < -0.4 is 0 Å². The molecule has 0 saturated carbocycles. The molecule has 1 fully saturated rings. The van der Waals surface area contributed by atoms with E-state index in [9.17, 15) is 15.3 Å². The Bertz CT molecular complexity index is 369. The average molecular weight is 254 g/mol. The second kappa shape index (κ2) is 5.77. The number of aliphatic hydroxyl groups is 3. The Morgan fingerprint density at radius 3 is 2.39 bits per heavy atom. The van der Waals surface area contributed by atoms with Crippen LogP contribution in [0.5, 0.6) is 0 Å². The van der Waals surface area contributed by atoms with Crippen molar-refractivity contribution in [1.29, 1.82) is 0 Å². The predicted octanol–water partition coefficient (Wildman–Crippen LogP) is 0.0307. The number of ether oxygens (including phenoxy) is 2. The van der Waals surface area contributed by atoms with Gasteiger partial charge in [-0.15, -0.1) is 0 Å². The van der Waals surface area contributed by atoms with Crippen LogP contribution in [0.2, 0.25) is 0 Å². The highest BCUT2D eigenvalue weighted by molar-refractivity contribution is 5.13. The van der Waals surface area contributed by atoms with Crippen molar-refractivity contribution in [1.82, 2.24) is 0 Å². The van der Waals surface area contributed by atoms with Gasteiger partial charge in [-0.3, -0.25) is 0 Å². The summed E-state index contributed by atoms with van der Waals surface area (Å²) in [5, 5.41) is 28.9. The third-order valence-corrected chi connectivity index (χ3v) is 3.07. The van der Waals surface area contributed by atoms with Crippen LogP contribution >= 0.6 is 0 Å². The molecule has 0 radical (unpaired) electrons. The molecule has 2 rings (SSSR count). The first-order valence-corrected chi connectivity index (χ1v) is 5.95. The van der Waals surface area contributed by atoms with Gasteiger partial charge in [0.1, 0.15) is 18.3 Å². The van der Waals surface area contributed by atoms with E-state index in [0.717, 1.165) is 5.56 Å². The highest BCUT2D eigenvalue weighted by Crippen LogP contribution is 2.22. The zero-order valence-corrected chi connectivity index (χ0v) is 10.1. The Morgan fingerprint density at radius 2 is 1.72 bits per heavy atom. The molecular weight excluding hydrogens is 236 g/mol. The molecule has 1 aliphatic heterocycles. The maximum Gasteiger partial charge on any atom is 0.186 e. The summed E-state index contributed by atoms with van der Waals surface area (Å²) in [6, 6.07) is 9.46. The van der Waals surface area contributed by atoms with Crippen molar-refractivity contribution in [3.05, 3.63) is 35.9 Å². The summed E-state index contributed by atoms with van der Waals surface area (Å²) >= 11 is 0. The highest BCUT2D eigenvalue weighted by atomic mass is 16.7. The first-order valence-electron chi connectivity index (χ1n) is 5.95. The summed E-state index contributed by atoms with van der Waals surface area (Å²) in [7, 11) is 0. The molecule has 1 aromatic carbocycles. The zero-order valence-electron chi connectivity index (χ0n) is 10.1. The van der Waals surface area contributed by atoms with E-state index >= 15 is 0 Å². The van der Waals surface area contributed by atoms with Crippen LogP contribution in [0.4, 0.5) is 0 Å². The molecule has 0 amide bonds. The fourth-order valence-electron chi connectivity index (χ4n) is 1.90. The van der Waals surface area contributed by atoms with Crippen molar-refractivity contribution in [3.63, 3.8) is 0 Å². The molecule has 1 heterocycles. The third-order valence-electron chi connectivity index (χ3n) is 3.07. The van der Waals surface area contributed by atoms with Crippen molar-refractivity contribution in [2.24, 2.45) is 0 Å². The van der Waals surface area contributed by atoms with E-state index in [1.807, 2.05) is 30.3 Å². The van der Waals surface area contributed by atoms with Crippen LogP contribution in [0.25, 0.3) is 0 Å². The molecular formula is C13H18O5. The predicted molar refractivity (Wildman–Crippen MR) is 63.6 cm³/mol. The van der Waals surface area contributed by atoms with Gasteiger partial charge < -0.3 is 24.8 Å². The second-order valence-electron chi connectivity index (χ2n) is 4.48. The van der Waals surface area contributed by atoms with Gasteiger partial charge in [0.25, 0.3) is 0 Å². The van der Waals surface area contributed by atoms with Gasteiger partial charge in [0.05, 0.1) is 12.7 Å². The fraction of sp³-hybridized carbons (Fsp3) is 0.538. The normalized spacial score (nSPS) is 36.6. The lowest BCUT2D eigenvalue weighted by atomic mass is 10.00. The Labute approximate surface area is 106 Å². The van der Waals surface area contributed by atoms with Gasteiger partial charge in [-0.05, 0) is 12.5 Å². The minimum Gasteiger partial charge on any atom is -0.388 e. The lowest BCUT2D eigenvalue weighted by Crippen LogP contribution is -2.57. The van der Waals surface area contributed by atoms with Crippen LogP contribution in [0.1, 0.15) is 12.5 Å². The summed E-state index contributed by atoms with van der Waals surface area (Å²) in [6.45, 7) is 1.90. The molecule has 1 saturated heterocycles. The Balaban J connectivity index is 1.93. The first kappa shape index (κ1) is 13.5. The Kier molecular flexibility index (Phi) is 4.31. The second-order valence-corrected chi connectivity index (χ2v) is 4.48. The molecule has 0 unspecified atom stereocenters. The summed E-state index contributed by atoms with van der Waals surface area (Å²) in [5.41, 5.74) is 0.946. The summed E-state index contributed by atoms with van der Waals surface area (Å²) in [5.74, 6) is 0. The molecule has 0 aromatic heterocycles. The number of rotatable bonds is 3. The zero-order chi connectivity index (χ0) is 13.1. The van der Waals surface area contributed by atoms with E-state index in [1.54, 1.807) is 6.92 Å². The molecule has 18 heavy (non-hydrogen) atoms. The first-order chi connectivity index (χ1) is 8.59. The highest BCUT2D eigenvalue weighted by Gasteiger charge is 2.42. The van der Waals surface area contributed by atoms with Crippen LogP contribution in [0, 0.1) is 0 Å². The van der Waals surface area contributed by atoms with Crippen LogP contribution in [-0.4, -0.2) is 46.0 Å². The summed E-state index contributed by atoms with van der Waals surface area (Å²) in [4.78, 5) is 0. The molecule has 3 N–H and O–H groups in total. The molecule has 0 spiro atoms. The maximum atomic E-state index is 9.74. The van der Waals surface area contributed by atoms with E-state index in [0.29, 0.717) is 0 Å². The van der Waals surface area contributed by atoms with Crippen molar-refractivity contribution >= 4 is 0 Å². The number of aliphatic hydroxyl groups excluding tert-OH is 3. The van der Waals surface area contributed by atoms with Crippen LogP contribution in [0.3, 0.4) is 0 Å². The molecule has 0 bridgehead atoms. The van der Waals surface area contributed by atoms with Gasteiger partial charge in [-0.1, -0.05) is 30.3 Å². The van der Waals surface area contributed by atoms with E-state index in [-0.39, 0.29) is 6.61 Å². The molecule has 1 aliphatic rings. The van der Waals surface area contributed by atoms with E-state index in [4.69, 9.17) is 9.47 Å². The lowest BCUT2D eigenvalue weighted by molar-refractivity contribution is -0.296. The van der Waals surface area contributed by atoms with Crippen molar-refractivity contribution in [3.8, 4) is 0 Å². The number of benzene rings is 1. The van der Waals surface area contributed by atoms with Gasteiger partial charge in [0, 0.05) is 0 Å². The topological polar surface area (TPSA) is 79.2 Å². The Hall–Kier alpha value is -0.980. The molecule has 5 heteroatoms. The van der Waals surface area contributed by atoms with Crippen LogP contribution in [0.15, 0.2) is 30.3 Å². The summed E-state index contributed by atoms with van der Waals surface area (Å²) < 4.78 is 10.7. The molecule has 5 atom stereocenters. The van der Waals surface area contributed by atoms with Gasteiger partial charge >= 0.3 is 0 Å². The van der Waals surface area contributed by atoms with Gasteiger partial charge in [-0.25, -0.2) is 0 Å². The number of hydrogen-bond donors (Lipinski definition) is 3. The van der Waals surface area contributed by atoms with Crippen molar-refractivity contribution in [2.45, 2.75) is 44.2 Å². The van der Waals surface area contributed by atoms with Gasteiger partial charge in [0.2, 0.25) is 0 Å². The van der Waals surface area contributed by atoms with E-state index in [1.165, 1.54) is 0 Å². The fourth-order valence-corrected chi connectivity index (χ4v) is 1.90. The summed E-state index contributed by atoms with van der Waals surface area (Å²) in [6.07, 6.45) is -5.12. The SMILES string of the molecule is C[C@@H]1O[C@H](OCc2ccccc2)[C@@H](O)[C@H](O)[C@@H]1O. The van der Waals surface area contributed by atoms with Gasteiger partial charge in [0.15, 0.2) is 6.29 Å². The minimum atomic E-state index is -1.26. The minimum absolute atomic E-state index is 0.276. The molecule has 0 aliphatic carbocycles. The standard InChI is InChI=1S/C13H18O5/c1-8-10(14)11(15)12(16)13(18-8)17-7-9-5-3-2-4-6-9/h2-6,8,10-16H,7H2,1H3/t8-,10+,11+,12-,13-/m0/s1. The molecule has 5 nitrogen and oxygen atoms in total. The van der Waals surface area contributed by atoms with E-state index < -0.39 is 30.7 Å². The van der Waals surface area contributed by atoms with Gasteiger partial charge in [-0.2, -0.15) is 0 Å². The smallest absolute Gasteiger partial charge is 0.186 e. The average Bonchev–Trinajstić information content (AvgIpc) is 2.40. The number of hydrogen-bond acceptors (Lipinski definition) is 5.